The van der Waals surface area contributed by atoms with Gasteiger partial charge in [-0.3, -0.25) is 14.9 Å². The molecule has 0 radical (unpaired) electrons. The monoisotopic (exact) mass is 320 g/mol. The molecule has 0 unspecified atom stereocenters. The second-order valence-electron chi connectivity index (χ2n) is 6.23. The third-order valence-electron chi connectivity index (χ3n) is 4.64. The highest BCUT2D eigenvalue weighted by molar-refractivity contribution is 5.99. The SMILES string of the molecule is Cc1c(C(=O)NC2(C(=O)O)CCC(C)CC2)cccc1[N+](=O)[O-]. The number of hydrogen-bond acceptors (Lipinski definition) is 4. The van der Waals surface area contributed by atoms with Gasteiger partial charge < -0.3 is 10.4 Å². The molecular formula is C16H20N2O5. The van der Waals surface area contributed by atoms with Crippen LogP contribution in [0, 0.1) is 23.0 Å². The molecule has 1 amide bonds. The smallest absolute Gasteiger partial charge is 0.329 e. The zero-order valence-corrected chi connectivity index (χ0v) is 13.2. The van der Waals surface area contributed by atoms with Gasteiger partial charge in [-0.2, -0.15) is 0 Å². The van der Waals surface area contributed by atoms with Crippen molar-refractivity contribution in [2.45, 2.75) is 45.1 Å². The van der Waals surface area contributed by atoms with Crippen LogP contribution in [0.2, 0.25) is 0 Å². The number of carbonyl (C=O) groups is 2. The second-order valence-corrected chi connectivity index (χ2v) is 6.23. The normalized spacial score (nSPS) is 24.0. The number of nitrogens with zero attached hydrogens (tertiary/aromatic N) is 1. The topological polar surface area (TPSA) is 110 Å². The molecule has 1 aliphatic rings. The van der Waals surface area contributed by atoms with Crippen molar-refractivity contribution in [2.24, 2.45) is 5.92 Å². The molecule has 0 bridgehead atoms. The number of nitro groups is 1. The maximum atomic E-state index is 12.5. The van der Waals surface area contributed by atoms with E-state index in [9.17, 15) is 24.8 Å². The number of carboxylic acid groups (broad SMARTS) is 1. The van der Waals surface area contributed by atoms with E-state index >= 15 is 0 Å². The van der Waals surface area contributed by atoms with E-state index in [-0.39, 0.29) is 16.8 Å². The number of carboxylic acids is 1. The summed E-state index contributed by atoms with van der Waals surface area (Å²) in [5.41, 5.74) is -1.07. The highest BCUT2D eigenvalue weighted by Crippen LogP contribution is 2.33. The average Bonchev–Trinajstić information content (AvgIpc) is 2.49. The molecule has 2 rings (SSSR count). The van der Waals surface area contributed by atoms with Crippen LogP contribution in [0.5, 0.6) is 0 Å². The van der Waals surface area contributed by atoms with Gasteiger partial charge in [0.05, 0.1) is 4.92 Å². The average molecular weight is 320 g/mol. The van der Waals surface area contributed by atoms with Gasteiger partial charge in [0.1, 0.15) is 5.54 Å². The number of nitro benzene ring substituents is 1. The Morgan fingerprint density at radius 3 is 2.48 bits per heavy atom. The van der Waals surface area contributed by atoms with Gasteiger partial charge in [-0.1, -0.05) is 13.0 Å². The van der Waals surface area contributed by atoms with Crippen molar-refractivity contribution in [3.8, 4) is 0 Å². The van der Waals surface area contributed by atoms with E-state index in [2.05, 4.69) is 12.2 Å². The Morgan fingerprint density at radius 1 is 1.35 bits per heavy atom. The van der Waals surface area contributed by atoms with Crippen LogP contribution in [0.3, 0.4) is 0 Å². The van der Waals surface area contributed by atoms with E-state index < -0.39 is 22.3 Å². The summed E-state index contributed by atoms with van der Waals surface area (Å²) in [6, 6.07) is 4.22. The van der Waals surface area contributed by atoms with Crippen LogP contribution in [0.15, 0.2) is 18.2 Å². The number of benzene rings is 1. The number of carbonyl (C=O) groups excluding carboxylic acids is 1. The fourth-order valence-corrected chi connectivity index (χ4v) is 3.00. The van der Waals surface area contributed by atoms with E-state index in [1.165, 1.54) is 25.1 Å². The van der Waals surface area contributed by atoms with Crippen molar-refractivity contribution in [2.75, 3.05) is 0 Å². The molecule has 0 spiro atoms. The summed E-state index contributed by atoms with van der Waals surface area (Å²) in [4.78, 5) is 34.6. The van der Waals surface area contributed by atoms with E-state index in [0.717, 1.165) is 12.8 Å². The minimum absolute atomic E-state index is 0.137. The number of aliphatic carboxylic acids is 1. The third-order valence-corrected chi connectivity index (χ3v) is 4.64. The van der Waals surface area contributed by atoms with Gasteiger partial charge >= 0.3 is 5.97 Å². The first-order valence-electron chi connectivity index (χ1n) is 7.57. The summed E-state index contributed by atoms with van der Waals surface area (Å²) in [6.07, 6.45) is 2.17. The summed E-state index contributed by atoms with van der Waals surface area (Å²) in [6.45, 7) is 3.54. The molecule has 0 atom stereocenters. The van der Waals surface area contributed by atoms with Crippen molar-refractivity contribution in [3.63, 3.8) is 0 Å². The molecule has 124 valence electrons. The lowest BCUT2D eigenvalue weighted by molar-refractivity contribution is -0.385. The van der Waals surface area contributed by atoms with Gasteiger partial charge in [0, 0.05) is 17.2 Å². The van der Waals surface area contributed by atoms with Crippen LogP contribution >= 0.6 is 0 Å². The zero-order valence-electron chi connectivity index (χ0n) is 13.2. The Kier molecular flexibility index (Phi) is 4.68. The fraction of sp³-hybridized carbons (Fsp3) is 0.500. The molecule has 2 N–H and O–H groups in total. The molecule has 7 nitrogen and oxygen atoms in total. The molecule has 0 saturated heterocycles. The van der Waals surface area contributed by atoms with E-state index in [4.69, 9.17) is 0 Å². The molecule has 1 saturated carbocycles. The highest BCUT2D eigenvalue weighted by atomic mass is 16.6. The lowest BCUT2D eigenvalue weighted by Gasteiger charge is -2.36. The molecule has 23 heavy (non-hydrogen) atoms. The molecule has 1 aromatic carbocycles. The van der Waals surface area contributed by atoms with Crippen molar-refractivity contribution in [1.29, 1.82) is 0 Å². The molecule has 0 aliphatic heterocycles. The van der Waals surface area contributed by atoms with E-state index in [1.807, 2.05) is 0 Å². The van der Waals surface area contributed by atoms with Gasteiger partial charge in [-0.25, -0.2) is 4.79 Å². The largest absolute Gasteiger partial charge is 0.480 e. The van der Waals surface area contributed by atoms with Crippen molar-refractivity contribution in [3.05, 3.63) is 39.4 Å². The van der Waals surface area contributed by atoms with E-state index in [1.54, 1.807) is 0 Å². The Labute approximate surface area is 133 Å². The standard InChI is InChI=1S/C16H20N2O5/c1-10-6-8-16(9-7-10,15(20)21)17-14(19)12-4-3-5-13(11(12)2)18(22)23/h3-5,10H,6-9H2,1-2H3,(H,17,19)(H,20,21). The summed E-state index contributed by atoms with van der Waals surface area (Å²) < 4.78 is 0. The number of hydrogen-bond donors (Lipinski definition) is 2. The maximum Gasteiger partial charge on any atom is 0.329 e. The van der Waals surface area contributed by atoms with Gasteiger partial charge in [0.15, 0.2) is 0 Å². The lowest BCUT2D eigenvalue weighted by atomic mass is 9.77. The van der Waals surface area contributed by atoms with Crippen LogP contribution in [-0.4, -0.2) is 27.4 Å². The minimum atomic E-state index is -1.29. The van der Waals surface area contributed by atoms with Crippen molar-refractivity contribution >= 4 is 17.6 Å². The Balaban J connectivity index is 2.29. The highest BCUT2D eigenvalue weighted by Gasteiger charge is 2.42. The van der Waals surface area contributed by atoms with Gasteiger partial charge in [-0.15, -0.1) is 0 Å². The molecule has 1 aromatic rings. The molecule has 1 fully saturated rings. The molecule has 0 heterocycles. The zero-order chi connectivity index (χ0) is 17.2. The third kappa shape index (κ3) is 3.33. The Bertz CT molecular complexity index is 648. The first kappa shape index (κ1) is 16.9. The number of amides is 1. The van der Waals surface area contributed by atoms with Crippen LogP contribution in [0.25, 0.3) is 0 Å². The maximum absolute atomic E-state index is 12.5. The van der Waals surface area contributed by atoms with Gasteiger partial charge in [0.2, 0.25) is 0 Å². The fourth-order valence-electron chi connectivity index (χ4n) is 3.00. The number of rotatable bonds is 4. The summed E-state index contributed by atoms with van der Waals surface area (Å²) >= 11 is 0. The van der Waals surface area contributed by atoms with Gasteiger partial charge in [0.25, 0.3) is 11.6 Å². The van der Waals surface area contributed by atoms with Crippen molar-refractivity contribution < 1.29 is 19.6 Å². The summed E-state index contributed by atoms with van der Waals surface area (Å²) in [5, 5.41) is 23.1. The van der Waals surface area contributed by atoms with E-state index in [0.29, 0.717) is 18.8 Å². The Hall–Kier alpha value is -2.44. The molecule has 1 aliphatic carbocycles. The Morgan fingerprint density at radius 2 is 1.96 bits per heavy atom. The lowest BCUT2D eigenvalue weighted by Crippen LogP contribution is -2.56. The molecule has 0 aromatic heterocycles. The second kappa shape index (κ2) is 6.36. The quantitative estimate of drug-likeness (QED) is 0.654. The van der Waals surface area contributed by atoms with Gasteiger partial charge in [-0.05, 0) is 44.6 Å². The first-order valence-corrected chi connectivity index (χ1v) is 7.57. The summed E-state index contributed by atoms with van der Waals surface area (Å²) in [7, 11) is 0. The van der Waals surface area contributed by atoms with Crippen molar-refractivity contribution in [1.82, 2.24) is 5.32 Å². The minimum Gasteiger partial charge on any atom is -0.480 e. The summed E-state index contributed by atoms with van der Waals surface area (Å²) in [5.74, 6) is -1.21. The van der Waals surface area contributed by atoms with Crippen LogP contribution in [0.1, 0.15) is 48.5 Å². The van der Waals surface area contributed by atoms with Crippen LogP contribution in [-0.2, 0) is 4.79 Å². The predicted molar refractivity (Wildman–Crippen MR) is 83.3 cm³/mol. The molecule has 7 heteroatoms. The van der Waals surface area contributed by atoms with Crippen LogP contribution in [0.4, 0.5) is 5.69 Å². The molecular weight excluding hydrogens is 300 g/mol. The first-order chi connectivity index (χ1) is 10.8. The van der Waals surface area contributed by atoms with Crippen LogP contribution < -0.4 is 5.32 Å². The number of nitrogens with one attached hydrogen (secondary N) is 1. The predicted octanol–water partition coefficient (Wildman–Crippen LogP) is 2.67.